The number of hydrogen-bond acceptors (Lipinski definition) is 2. The molecular weight excluding hydrogens is 148 g/mol. The van der Waals surface area contributed by atoms with Crippen LogP contribution in [-0.4, -0.2) is 31.1 Å². The molecule has 0 radical (unpaired) electrons. The maximum absolute atomic E-state index is 5.60. The van der Waals surface area contributed by atoms with Crippen molar-refractivity contribution in [1.82, 2.24) is 4.90 Å². The highest BCUT2D eigenvalue weighted by atomic mass is 15.2. The predicted octanol–water partition coefficient (Wildman–Crippen LogP) is 1.31. The van der Waals surface area contributed by atoms with Crippen LogP contribution in [0.4, 0.5) is 0 Å². The van der Waals surface area contributed by atoms with E-state index in [4.69, 9.17) is 5.73 Å². The van der Waals surface area contributed by atoms with E-state index in [1.54, 1.807) is 0 Å². The van der Waals surface area contributed by atoms with Gasteiger partial charge in [0.1, 0.15) is 0 Å². The number of hydrogen-bond donors (Lipinski definition) is 1. The molecule has 2 N–H and O–H groups in total. The summed E-state index contributed by atoms with van der Waals surface area (Å²) in [6.07, 6.45) is 2.55. The van der Waals surface area contributed by atoms with Crippen molar-refractivity contribution < 1.29 is 0 Å². The Kier molecular flexibility index (Phi) is 3.53. The lowest BCUT2D eigenvalue weighted by atomic mass is 9.89. The topological polar surface area (TPSA) is 29.3 Å². The summed E-state index contributed by atoms with van der Waals surface area (Å²) in [5, 5.41) is 0. The molecule has 0 aromatic heterocycles. The van der Waals surface area contributed by atoms with Gasteiger partial charge in [0.05, 0.1) is 0 Å². The van der Waals surface area contributed by atoms with Crippen molar-refractivity contribution in [2.24, 2.45) is 17.6 Å². The molecule has 2 nitrogen and oxygen atoms in total. The van der Waals surface area contributed by atoms with Crippen molar-refractivity contribution in [3.63, 3.8) is 0 Å². The second-order valence-corrected chi connectivity index (χ2v) is 4.34. The second kappa shape index (κ2) is 4.24. The van der Waals surface area contributed by atoms with E-state index in [-0.39, 0.29) is 0 Å². The molecule has 0 aromatic carbocycles. The molecule has 1 aliphatic rings. The molecule has 0 saturated carbocycles. The third kappa shape index (κ3) is 1.99. The van der Waals surface area contributed by atoms with Crippen LogP contribution in [0.2, 0.25) is 0 Å². The lowest BCUT2D eigenvalue weighted by Gasteiger charge is -2.28. The fourth-order valence-electron chi connectivity index (χ4n) is 2.63. The van der Waals surface area contributed by atoms with Crippen LogP contribution in [0.3, 0.4) is 0 Å². The highest BCUT2D eigenvalue weighted by molar-refractivity contribution is 4.87. The average Bonchev–Trinajstić information content (AvgIpc) is 2.32. The molecule has 1 fully saturated rings. The number of nitrogens with zero attached hydrogens (tertiary/aromatic N) is 1. The Labute approximate surface area is 76.1 Å². The van der Waals surface area contributed by atoms with Crippen LogP contribution in [0.15, 0.2) is 0 Å². The summed E-state index contributed by atoms with van der Waals surface area (Å²) < 4.78 is 0. The zero-order chi connectivity index (χ0) is 9.14. The average molecular weight is 170 g/mol. The molecule has 0 aromatic rings. The van der Waals surface area contributed by atoms with Gasteiger partial charge in [-0.1, -0.05) is 13.8 Å². The molecule has 1 aliphatic heterocycles. The number of likely N-dealkylation sites (tertiary alicyclic amines) is 1. The largest absolute Gasteiger partial charge is 0.330 e. The quantitative estimate of drug-likeness (QED) is 0.692. The van der Waals surface area contributed by atoms with E-state index in [9.17, 15) is 0 Å². The lowest BCUT2D eigenvalue weighted by molar-refractivity contribution is 0.206. The molecule has 0 bridgehead atoms. The Morgan fingerprint density at radius 1 is 1.50 bits per heavy atom. The van der Waals surface area contributed by atoms with Gasteiger partial charge in [-0.2, -0.15) is 0 Å². The number of nitrogens with two attached hydrogens (primary N) is 1. The van der Waals surface area contributed by atoms with Crippen LogP contribution < -0.4 is 5.73 Å². The van der Waals surface area contributed by atoms with Crippen molar-refractivity contribution in [2.45, 2.75) is 32.7 Å². The van der Waals surface area contributed by atoms with Crippen molar-refractivity contribution in [3.8, 4) is 0 Å². The third-order valence-electron chi connectivity index (χ3n) is 3.07. The Balaban J connectivity index is 2.51. The van der Waals surface area contributed by atoms with Crippen molar-refractivity contribution in [3.05, 3.63) is 0 Å². The van der Waals surface area contributed by atoms with Gasteiger partial charge in [0.15, 0.2) is 0 Å². The fraction of sp³-hybridized carbons (Fsp3) is 1.00. The van der Waals surface area contributed by atoms with Crippen LogP contribution in [0.5, 0.6) is 0 Å². The Bertz CT molecular complexity index is 132. The molecule has 72 valence electrons. The van der Waals surface area contributed by atoms with Gasteiger partial charge < -0.3 is 10.6 Å². The maximum Gasteiger partial charge on any atom is 0.0144 e. The lowest BCUT2D eigenvalue weighted by Crippen LogP contribution is -2.34. The molecule has 12 heavy (non-hydrogen) atoms. The molecule has 1 heterocycles. The van der Waals surface area contributed by atoms with Gasteiger partial charge in [-0.15, -0.1) is 0 Å². The normalized spacial score (nSPS) is 31.8. The Morgan fingerprint density at radius 3 is 2.67 bits per heavy atom. The van der Waals surface area contributed by atoms with Gasteiger partial charge in [-0.25, -0.2) is 0 Å². The van der Waals surface area contributed by atoms with Crippen LogP contribution in [0.1, 0.15) is 26.7 Å². The van der Waals surface area contributed by atoms with E-state index in [1.165, 1.54) is 19.4 Å². The van der Waals surface area contributed by atoms with Gasteiger partial charge in [0, 0.05) is 6.04 Å². The summed E-state index contributed by atoms with van der Waals surface area (Å²) in [5.41, 5.74) is 5.60. The second-order valence-electron chi connectivity index (χ2n) is 4.34. The SMILES string of the molecule is CC(C)C1C(CCN)CCN1C. The predicted molar refractivity (Wildman–Crippen MR) is 53.0 cm³/mol. The van der Waals surface area contributed by atoms with Crippen molar-refractivity contribution in [2.75, 3.05) is 20.1 Å². The smallest absolute Gasteiger partial charge is 0.0144 e. The highest BCUT2D eigenvalue weighted by Crippen LogP contribution is 2.30. The first-order valence-electron chi connectivity index (χ1n) is 5.07. The van der Waals surface area contributed by atoms with Gasteiger partial charge in [-0.05, 0) is 44.8 Å². The first-order valence-corrected chi connectivity index (χ1v) is 5.07. The summed E-state index contributed by atoms with van der Waals surface area (Å²) in [7, 11) is 2.24. The maximum atomic E-state index is 5.60. The van der Waals surface area contributed by atoms with Crippen LogP contribution >= 0.6 is 0 Å². The minimum absolute atomic E-state index is 0.772. The minimum atomic E-state index is 0.772. The van der Waals surface area contributed by atoms with Crippen LogP contribution in [0.25, 0.3) is 0 Å². The summed E-state index contributed by atoms with van der Waals surface area (Å²) in [6, 6.07) is 0.772. The Morgan fingerprint density at radius 2 is 2.17 bits per heavy atom. The molecular formula is C10H22N2. The molecule has 1 rings (SSSR count). The van der Waals surface area contributed by atoms with Gasteiger partial charge in [0.25, 0.3) is 0 Å². The summed E-state index contributed by atoms with van der Waals surface area (Å²) >= 11 is 0. The molecule has 0 spiro atoms. The fourth-order valence-corrected chi connectivity index (χ4v) is 2.63. The van der Waals surface area contributed by atoms with E-state index >= 15 is 0 Å². The Hall–Kier alpha value is -0.0800. The molecule has 2 unspecified atom stereocenters. The molecule has 0 amide bonds. The third-order valence-corrected chi connectivity index (χ3v) is 3.07. The zero-order valence-electron chi connectivity index (χ0n) is 8.59. The summed E-state index contributed by atoms with van der Waals surface area (Å²) in [6.45, 7) is 6.74. The van der Waals surface area contributed by atoms with Crippen LogP contribution in [-0.2, 0) is 0 Å². The van der Waals surface area contributed by atoms with Crippen molar-refractivity contribution >= 4 is 0 Å². The zero-order valence-corrected chi connectivity index (χ0v) is 8.59. The van der Waals surface area contributed by atoms with Crippen molar-refractivity contribution in [1.29, 1.82) is 0 Å². The monoisotopic (exact) mass is 170 g/mol. The molecule has 1 saturated heterocycles. The van der Waals surface area contributed by atoms with Gasteiger partial charge >= 0.3 is 0 Å². The standard InChI is InChI=1S/C10H22N2/c1-8(2)10-9(4-6-11)5-7-12(10)3/h8-10H,4-7,11H2,1-3H3. The van der Waals surface area contributed by atoms with Gasteiger partial charge in [-0.3, -0.25) is 0 Å². The molecule has 2 heteroatoms. The first-order chi connectivity index (χ1) is 5.66. The van der Waals surface area contributed by atoms with E-state index in [1.807, 2.05) is 0 Å². The van der Waals surface area contributed by atoms with E-state index in [0.717, 1.165) is 24.4 Å². The van der Waals surface area contributed by atoms with E-state index in [0.29, 0.717) is 0 Å². The minimum Gasteiger partial charge on any atom is -0.330 e. The van der Waals surface area contributed by atoms with Gasteiger partial charge in [0.2, 0.25) is 0 Å². The summed E-state index contributed by atoms with van der Waals surface area (Å²) in [5.74, 6) is 1.62. The first kappa shape index (κ1) is 10.0. The summed E-state index contributed by atoms with van der Waals surface area (Å²) in [4.78, 5) is 2.49. The highest BCUT2D eigenvalue weighted by Gasteiger charge is 2.32. The molecule has 2 atom stereocenters. The molecule has 0 aliphatic carbocycles. The number of rotatable bonds is 3. The van der Waals surface area contributed by atoms with Crippen LogP contribution in [0, 0.1) is 11.8 Å². The van der Waals surface area contributed by atoms with E-state index in [2.05, 4.69) is 25.8 Å². The van der Waals surface area contributed by atoms with E-state index < -0.39 is 0 Å².